The standard InChI is InChI=1S/C29H30ClF3N6O3/c1-39(2)13-12-35-28(41)25-17-36-27(38-25)24-16-21(10-11-34-24)42-20-5-3-4-18(14-20)6-9-26(40)37-19-7-8-23(30)22(15-19)29(31,32)33/h3-5,7-8,10-11,14-16,25H,6,9,12-13,17H2,1-2H3,(H,35,41)(H,36,38)(H,37,40). The third-order valence-corrected chi connectivity index (χ3v) is 6.54. The number of nitrogens with one attached hydrogen (secondary N) is 3. The third-order valence-electron chi connectivity index (χ3n) is 6.21. The van der Waals surface area contributed by atoms with Gasteiger partial charge in [-0.3, -0.25) is 19.6 Å². The van der Waals surface area contributed by atoms with Gasteiger partial charge in [0.1, 0.15) is 29.1 Å². The van der Waals surface area contributed by atoms with Crippen LogP contribution < -0.4 is 20.7 Å². The number of nitrogens with zero attached hydrogens (tertiary/aromatic N) is 3. The normalized spacial score (nSPS) is 14.7. The number of likely N-dealkylation sites (N-methyl/N-ethyl adjacent to an activating group) is 1. The molecule has 2 amide bonds. The maximum Gasteiger partial charge on any atom is 0.417 e. The summed E-state index contributed by atoms with van der Waals surface area (Å²) in [6.45, 7) is 1.63. The molecule has 3 N–H and O–H groups in total. The summed E-state index contributed by atoms with van der Waals surface area (Å²) in [4.78, 5) is 35.6. The summed E-state index contributed by atoms with van der Waals surface area (Å²) in [7, 11) is 3.86. The van der Waals surface area contributed by atoms with Crippen molar-refractivity contribution in [1.29, 1.82) is 0 Å². The second kappa shape index (κ2) is 13.7. The van der Waals surface area contributed by atoms with Gasteiger partial charge < -0.3 is 25.6 Å². The van der Waals surface area contributed by atoms with Crippen molar-refractivity contribution in [3.05, 3.63) is 82.6 Å². The number of aryl methyl sites for hydroxylation is 1. The number of alkyl halides is 3. The van der Waals surface area contributed by atoms with Gasteiger partial charge >= 0.3 is 6.18 Å². The Morgan fingerprint density at radius 2 is 1.90 bits per heavy atom. The molecule has 2 heterocycles. The molecule has 1 aliphatic heterocycles. The average Bonchev–Trinajstić information content (AvgIpc) is 3.43. The fourth-order valence-corrected chi connectivity index (χ4v) is 4.30. The van der Waals surface area contributed by atoms with Crippen LogP contribution in [0, 0.1) is 0 Å². The summed E-state index contributed by atoms with van der Waals surface area (Å²) in [5.41, 5.74) is 0.330. The molecule has 0 aliphatic carbocycles. The van der Waals surface area contributed by atoms with E-state index in [1.54, 1.807) is 36.5 Å². The van der Waals surface area contributed by atoms with Crippen molar-refractivity contribution in [2.45, 2.75) is 25.1 Å². The molecule has 1 aliphatic rings. The van der Waals surface area contributed by atoms with Crippen molar-refractivity contribution >= 4 is 34.9 Å². The van der Waals surface area contributed by atoms with E-state index in [4.69, 9.17) is 16.3 Å². The van der Waals surface area contributed by atoms with Crippen LogP contribution in [0.2, 0.25) is 5.02 Å². The van der Waals surface area contributed by atoms with Gasteiger partial charge in [0.25, 0.3) is 0 Å². The maximum atomic E-state index is 13.1. The van der Waals surface area contributed by atoms with Crippen LogP contribution >= 0.6 is 11.6 Å². The Morgan fingerprint density at radius 1 is 1.12 bits per heavy atom. The van der Waals surface area contributed by atoms with Crippen molar-refractivity contribution in [2.24, 2.45) is 4.99 Å². The zero-order valence-electron chi connectivity index (χ0n) is 23.0. The highest BCUT2D eigenvalue weighted by atomic mass is 35.5. The monoisotopic (exact) mass is 602 g/mol. The first kappa shape index (κ1) is 30.8. The van der Waals surface area contributed by atoms with Crippen LogP contribution in [-0.2, 0) is 22.2 Å². The van der Waals surface area contributed by atoms with Gasteiger partial charge in [0.05, 0.1) is 10.6 Å². The number of anilines is 1. The Labute approximate surface area is 246 Å². The number of hydrogen-bond donors (Lipinski definition) is 3. The van der Waals surface area contributed by atoms with Crippen molar-refractivity contribution < 1.29 is 27.5 Å². The molecule has 222 valence electrons. The predicted molar refractivity (Wildman–Crippen MR) is 154 cm³/mol. The first-order valence-electron chi connectivity index (χ1n) is 13.1. The fraction of sp³-hybridized carbons (Fsp3) is 0.310. The number of ether oxygens (including phenoxy) is 1. The van der Waals surface area contributed by atoms with Crippen LogP contribution in [0.25, 0.3) is 0 Å². The van der Waals surface area contributed by atoms with E-state index in [9.17, 15) is 22.8 Å². The molecule has 9 nitrogen and oxygen atoms in total. The van der Waals surface area contributed by atoms with Gasteiger partial charge in [0.15, 0.2) is 0 Å². The molecule has 13 heteroatoms. The number of aromatic nitrogens is 1. The van der Waals surface area contributed by atoms with Crippen LogP contribution in [0.1, 0.15) is 23.2 Å². The molecule has 0 spiro atoms. The minimum absolute atomic E-state index is 0.0138. The molecule has 0 saturated carbocycles. The molecular formula is C29H30ClF3N6O3. The number of pyridine rings is 1. The zero-order valence-corrected chi connectivity index (χ0v) is 23.7. The van der Waals surface area contributed by atoms with Crippen LogP contribution in [0.15, 0.2) is 65.8 Å². The lowest BCUT2D eigenvalue weighted by Gasteiger charge is -2.12. The largest absolute Gasteiger partial charge is 0.457 e. The summed E-state index contributed by atoms with van der Waals surface area (Å²) >= 11 is 5.64. The lowest BCUT2D eigenvalue weighted by atomic mass is 10.1. The molecule has 4 rings (SSSR count). The summed E-state index contributed by atoms with van der Waals surface area (Å²) in [6.07, 6.45) is -2.67. The minimum atomic E-state index is -4.63. The van der Waals surface area contributed by atoms with Crippen LogP contribution in [-0.4, -0.2) is 67.3 Å². The van der Waals surface area contributed by atoms with Crippen molar-refractivity contribution in [1.82, 2.24) is 20.5 Å². The van der Waals surface area contributed by atoms with E-state index in [1.165, 1.54) is 6.07 Å². The Morgan fingerprint density at radius 3 is 2.67 bits per heavy atom. The Bertz CT molecular complexity index is 1460. The number of aliphatic imine (C=N–C) groups is 1. The van der Waals surface area contributed by atoms with Gasteiger partial charge in [0.2, 0.25) is 11.8 Å². The first-order chi connectivity index (χ1) is 20.0. The lowest BCUT2D eigenvalue weighted by molar-refractivity contribution is -0.137. The van der Waals surface area contributed by atoms with Crippen molar-refractivity contribution in [2.75, 3.05) is 39.0 Å². The number of hydrogen-bond acceptors (Lipinski definition) is 7. The van der Waals surface area contributed by atoms with Gasteiger partial charge in [0, 0.05) is 44.0 Å². The molecule has 2 aromatic carbocycles. The van der Waals surface area contributed by atoms with Gasteiger partial charge in [-0.25, -0.2) is 0 Å². The highest BCUT2D eigenvalue weighted by molar-refractivity contribution is 6.31. The van der Waals surface area contributed by atoms with Crippen molar-refractivity contribution in [3.63, 3.8) is 0 Å². The highest BCUT2D eigenvalue weighted by Crippen LogP contribution is 2.36. The summed E-state index contributed by atoms with van der Waals surface area (Å²) in [6, 6.07) is 13.2. The SMILES string of the molecule is CN(C)CCNC(=O)C1CNC(c2cc(Oc3cccc(CCC(=O)Nc4ccc(Cl)c(C(F)(F)F)c4)c3)ccn2)=N1. The number of amides is 2. The molecular weight excluding hydrogens is 573 g/mol. The molecule has 0 radical (unpaired) electrons. The zero-order chi connectivity index (χ0) is 30.3. The van der Waals surface area contributed by atoms with Crippen LogP contribution in [0.4, 0.5) is 18.9 Å². The van der Waals surface area contributed by atoms with Crippen LogP contribution in [0.5, 0.6) is 11.5 Å². The van der Waals surface area contributed by atoms with Gasteiger partial charge in [-0.2, -0.15) is 13.2 Å². The van der Waals surface area contributed by atoms with E-state index in [0.29, 0.717) is 42.5 Å². The van der Waals surface area contributed by atoms with E-state index >= 15 is 0 Å². The minimum Gasteiger partial charge on any atom is -0.457 e. The van der Waals surface area contributed by atoms with Gasteiger partial charge in [-0.05, 0) is 62.5 Å². The molecule has 42 heavy (non-hydrogen) atoms. The van der Waals surface area contributed by atoms with E-state index in [2.05, 4.69) is 25.9 Å². The van der Waals surface area contributed by atoms with E-state index in [0.717, 1.165) is 24.2 Å². The number of carbonyl (C=O) groups is 2. The Hall–Kier alpha value is -4.16. The second-order valence-electron chi connectivity index (χ2n) is 9.84. The summed E-state index contributed by atoms with van der Waals surface area (Å²) in [5.74, 6) is 0.927. The number of carbonyl (C=O) groups excluding carboxylic acids is 2. The number of rotatable bonds is 11. The van der Waals surface area contributed by atoms with Gasteiger partial charge in [-0.1, -0.05) is 23.7 Å². The third kappa shape index (κ3) is 8.67. The highest BCUT2D eigenvalue weighted by Gasteiger charge is 2.33. The maximum absolute atomic E-state index is 13.1. The van der Waals surface area contributed by atoms with Crippen LogP contribution in [0.3, 0.4) is 0 Å². The smallest absolute Gasteiger partial charge is 0.417 e. The quantitative estimate of drug-likeness (QED) is 0.298. The van der Waals surface area contributed by atoms with E-state index in [1.807, 2.05) is 25.1 Å². The summed E-state index contributed by atoms with van der Waals surface area (Å²) in [5, 5.41) is 8.04. The molecule has 3 aromatic rings. The topological polar surface area (TPSA) is 108 Å². The molecule has 0 fully saturated rings. The predicted octanol–water partition coefficient (Wildman–Crippen LogP) is 4.51. The van der Waals surface area contributed by atoms with Crippen molar-refractivity contribution in [3.8, 4) is 11.5 Å². The molecule has 0 bridgehead atoms. The van der Waals surface area contributed by atoms with E-state index < -0.39 is 28.7 Å². The second-order valence-corrected chi connectivity index (χ2v) is 10.2. The average molecular weight is 603 g/mol. The fourth-order valence-electron chi connectivity index (χ4n) is 4.08. The van der Waals surface area contributed by atoms with E-state index in [-0.39, 0.29) is 18.0 Å². The Kier molecular flexibility index (Phi) is 10.0. The number of amidine groups is 1. The molecule has 1 atom stereocenters. The molecule has 0 saturated heterocycles. The Balaban J connectivity index is 1.33. The van der Waals surface area contributed by atoms with Gasteiger partial charge in [-0.15, -0.1) is 0 Å². The molecule has 1 aromatic heterocycles. The lowest BCUT2D eigenvalue weighted by Crippen LogP contribution is -2.39. The first-order valence-corrected chi connectivity index (χ1v) is 13.5. The summed E-state index contributed by atoms with van der Waals surface area (Å²) < 4.78 is 45.3. The number of benzene rings is 2. The molecule has 1 unspecified atom stereocenters. The number of halogens is 4.